The van der Waals surface area contributed by atoms with Crippen molar-refractivity contribution in [1.82, 2.24) is 4.98 Å². The van der Waals surface area contributed by atoms with Crippen LogP contribution in [0.25, 0.3) is 10.9 Å². The number of rotatable bonds is 4. The first-order valence-electron chi connectivity index (χ1n) is 6.72. The van der Waals surface area contributed by atoms with Gasteiger partial charge in [-0.25, -0.2) is 0 Å². The number of aromatic nitrogens is 1. The molecule has 2 aromatic carbocycles. The van der Waals surface area contributed by atoms with Crippen LogP contribution < -0.4 is 4.74 Å². The molecule has 0 aliphatic rings. The van der Waals surface area contributed by atoms with Gasteiger partial charge in [-0.15, -0.1) is 0 Å². The van der Waals surface area contributed by atoms with Gasteiger partial charge in [-0.2, -0.15) is 0 Å². The maximum atomic E-state index is 5.32. The first kappa shape index (κ1) is 13.1. The third kappa shape index (κ3) is 2.41. The summed E-state index contributed by atoms with van der Waals surface area (Å²) in [5.41, 5.74) is 2.53. The van der Waals surface area contributed by atoms with Crippen LogP contribution in [0.4, 0.5) is 0 Å². The van der Waals surface area contributed by atoms with Crippen LogP contribution in [0.2, 0.25) is 0 Å². The Hall–Kier alpha value is -1.87. The number of benzene rings is 2. The fourth-order valence-corrected chi connectivity index (χ4v) is 3.42. The van der Waals surface area contributed by atoms with Gasteiger partial charge in [0.15, 0.2) is 0 Å². The average molecular weight is 283 g/mol. The number of nitrogens with one attached hydrogen (secondary N) is 1. The highest BCUT2D eigenvalue weighted by Crippen LogP contribution is 2.36. The van der Waals surface area contributed by atoms with Gasteiger partial charge in [0.25, 0.3) is 0 Å². The second kappa shape index (κ2) is 5.63. The summed E-state index contributed by atoms with van der Waals surface area (Å²) < 4.78 is 5.32. The highest BCUT2D eigenvalue weighted by molar-refractivity contribution is 7.99. The zero-order valence-corrected chi connectivity index (χ0v) is 12.5. The summed E-state index contributed by atoms with van der Waals surface area (Å²) in [5, 5.41) is 1.21. The molecule has 0 unspecified atom stereocenters. The van der Waals surface area contributed by atoms with Gasteiger partial charge in [0, 0.05) is 26.9 Å². The van der Waals surface area contributed by atoms with Crippen LogP contribution in [-0.4, -0.2) is 12.1 Å². The first-order valence-corrected chi connectivity index (χ1v) is 7.54. The molecule has 2 nitrogen and oxygen atoms in total. The van der Waals surface area contributed by atoms with Crippen molar-refractivity contribution in [3.8, 4) is 5.75 Å². The van der Waals surface area contributed by atoms with Crippen LogP contribution >= 0.6 is 11.8 Å². The molecule has 20 heavy (non-hydrogen) atoms. The van der Waals surface area contributed by atoms with Gasteiger partial charge in [-0.05, 0) is 36.2 Å². The van der Waals surface area contributed by atoms with Crippen LogP contribution in [0.5, 0.6) is 5.75 Å². The van der Waals surface area contributed by atoms with E-state index in [0.717, 1.165) is 17.7 Å². The largest absolute Gasteiger partial charge is 0.497 e. The van der Waals surface area contributed by atoms with E-state index in [9.17, 15) is 0 Å². The van der Waals surface area contributed by atoms with E-state index in [2.05, 4.69) is 54.5 Å². The molecule has 102 valence electrons. The molecule has 0 atom stereocenters. The van der Waals surface area contributed by atoms with Crippen LogP contribution in [0.1, 0.15) is 12.5 Å². The second-order valence-electron chi connectivity index (χ2n) is 4.63. The van der Waals surface area contributed by atoms with E-state index < -0.39 is 0 Å². The van der Waals surface area contributed by atoms with Crippen LogP contribution in [-0.2, 0) is 6.42 Å². The van der Waals surface area contributed by atoms with E-state index in [0.29, 0.717) is 0 Å². The third-order valence-corrected chi connectivity index (χ3v) is 4.60. The molecule has 0 radical (unpaired) electrons. The predicted molar refractivity (Wildman–Crippen MR) is 84.8 cm³/mol. The molecule has 0 aliphatic heterocycles. The average Bonchev–Trinajstić information content (AvgIpc) is 2.90. The third-order valence-electron chi connectivity index (χ3n) is 3.42. The first-order chi connectivity index (χ1) is 9.81. The smallest absolute Gasteiger partial charge is 0.119 e. The summed E-state index contributed by atoms with van der Waals surface area (Å²) in [5.74, 6) is 0.891. The maximum absolute atomic E-state index is 5.32. The number of aryl methyl sites for hydroxylation is 1. The van der Waals surface area contributed by atoms with Gasteiger partial charge in [0.2, 0.25) is 0 Å². The minimum Gasteiger partial charge on any atom is -0.497 e. The van der Waals surface area contributed by atoms with Crippen molar-refractivity contribution in [3.63, 3.8) is 0 Å². The Kier molecular flexibility index (Phi) is 3.70. The Morgan fingerprint density at radius 2 is 1.95 bits per heavy atom. The number of ether oxygens (including phenoxy) is 1. The standard InChI is InChI=1S/C17H17NOS/c1-3-12-6-4-5-7-16(12)20-17-11-18-15-9-8-13(19-2)10-14(15)17/h4-11,18H,3H2,1-2H3. The Morgan fingerprint density at radius 1 is 1.10 bits per heavy atom. The molecule has 3 aromatic rings. The molecule has 3 heteroatoms. The molecular formula is C17H17NOS. The Bertz CT molecular complexity index is 733. The Morgan fingerprint density at radius 3 is 2.75 bits per heavy atom. The fraction of sp³-hybridized carbons (Fsp3) is 0.176. The van der Waals surface area contributed by atoms with Crippen molar-refractivity contribution >= 4 is 22.7 Å². The van der Waals surface area contributed by atoms with E-state index in [1.54, 1.807) is 7.11 Å². The monoisotopic (exact) mass is 283 g/mol. The van der Waals surface area contributed by atoms with Crippen molar-refractivity contribution in [3.05, 3.63) is 54.2 Å². The maximum Gasteiger partial charge on any atom is 0.119 e. The Balaban J connectivity index is 2.02. The van der Waals surface area contributed by atoms with Gasteiger partial charge in [0.05, 0.1) is 7.11 Å². The van der Waals surface area contributed by atoms with Crippen LogP contribution in [0.3, 0.4) is 0 Å². The quantitative estimate of drug-likeness (QED) is 0.737. The van der Waals surface area contributed by atoms with Gasteiger partial charge in [-0.1, -0.05) is 36.9 Å². The molecule has 0 amide bonds. The summed E-state index contributed by atoms with van der Waals surface area (Å²) in [6, 6.07) is 14.7. The van der Waals surface area contributed by atoms with Crippen molar-refractivity contribution in [1.29, 1.82) is 0 Å². The highest BCUT2D eigenvalue weighted by Gasteiger charge is 2.08. The molecule has 0 spiro atoms. The van der Waals surface area contributed by atoms with Crippen molar-refractivity contribution in [2.75, 3.05) is 7.11 Å². The molecule has 0 fully saturated rings. The lowest BCUT2D eigenvalue weighted by atomic mass is 10.2. The molecule has 3 rings (SSSR count). The minimum atomic E-state index is 0.891. The number of H-pyrrole nitrogens is 1. The summed E-state index contributed by atoms with van der Waals surface area (Å²) in [6.07, 6.45) is 3.12. The van der Waals surface area contributed by atoms with Gasteiger partial charge < -0.3 is 9.72 Å². The van der Waals surface area contributed by atoms with Gasteiger partial charge in [-0.3, -0.25) is 0 Å². The molecule has 1 N–H and O–H groups in total. The lowest BCUT2D eigenvalue weighted by Crippen LogP contribution is -1.84. The van der Waals surface area contributed by atoms with E-state index >= 15 is 0 Å². The van der Waals surface area contributed by atoms with E-state index in [1.807, 2.05) is 17.8 Å². The van der Waals surface area contributed by atoms with Gasteiger partial charge in [0.1, 0.15) is 5.75 Å². The second-order valence-corrected chi connectivity index (χ2v) is 5.71. The van der Waals surface area contributed by atoms with E-state index in [4.69, 9.17) is 4.74 Å². The summed E-state index contributed by atoms with van der Waals surface area (Å²) in [4.78, 5) is 5.87. The number of methoxy groups -OCH3 is 1. The molecular weight excluding hydrogens is 266 g/mol. The van der Waals surface area contributed by atoms with Crippen molar-refractivity contribution in [2.24, 2.45) is 0 Å². The van der Waals surface area contributed by atoms with Gasteiger partial charge >= 0.3 is 0 Å². The predicted octanol–water partition coefficient (Wildman–Crippen LogP) is 4.89. The van der Waals surface area contributed by atoms with Crippen molar-refractivity contribution < 1.29 is 4.74 Å². The lowest BCUT2D eigenvalue weighted by molar-refractivity contribution is 0.415. The van der Waals surface area contributed by atoms with E-state index in [-0.39, 0.29) is 0 Å². The molecule has 1 heterocycles. The molecule has 1 aromatic heterocycles. The zero-order valence-electron chi connectivity index (χ0n) is 11.6. The topological polar surface area (TPSA) is 25.0 Å². The zero-order chi connectivity index (χ0) is 13.9. The summed E-state index contributed by atoms with van der Waals surface area (Å²) in [7, 11) is 1.70. The highest BCUT2D eigenvalue weighted by atomic mass is 32.2. The molecule has 0 saturated carbocycles. The van der Waals surface area contributed by atoms with E-state index in [1.165, 1.54) is 20.7 Å². The number of hydrogen-bond donors (Lipinski definition) is 1. The summed E-state index contributed by atoms with van der Waals surface area (Å²) in [6.45, 7) is 2.19. The van der Waals surface area contributed by atoms with Crippen molar-refractivity contribution in [2.45, 2.75) is 23.1 Å². The minimum absolute atomic E-state index is 0.891. The number of hydrogen-bond acceptors (Lipinski definition) is 2. The molecule has 0 bridgehead atoms. The Labute approximate surface area is 123 Å². The fourth-order valence-electron chi connectivity index (χ4n) is 2.30. The van der Waals surface area contributed by atoms with Crippen LogP contribution in [0, 0.1) is 0 Å². The normalized spacial score (nSPS) is 10.9. The van der Waals surface area contributed by atoms with Crippen LogP contribution in [0.15, 0.2) is 58.5 Å². The molecule has 0 saturated heterocycles. The molecule has 0 aliphatic carbocycles. The number of fused-ring (bicyclic) bond motifs is 1. The summed E-state index contributed by atoms with van der Waals surface area (Å²) >= 11 is 1.81. The number of aromatic amines is 1. The SMILES string of the molecule is CCc1ccccc1Sc1c[nH]c2ccc(OC)cc12. The lowest BCUT2D eigenvalue weighted by Gasteiger charge is -2.06.